The summed E-state index contributed by atoms with van der Waals surface area (Å²) in [5.41, 5.74) is 0. The number of rotatable bonds is 0. The zero-order valence-corrected chi connectivity index (χ0v) is 7.46. The Kier molecular flexibility index (Phi) is 1570. The molecule has 0 N–H and O–H groups in total. The first kappa shape index (κ1) is 64.0. The van der Waals surface area contributed by atoms with Crippen molar-refractivity contribution in [2.75, 3.05) is 0 Å². The molecular formula is C5FeN6O2-. The van der Waals surface area contributed by atoms with E-state index in [9.17, 15) is 0 Å². The normalized spacial score (nSPS) is 1.57. The first-order chi connectivity index (χ1) is 6.41. The zero-order chi connectivity index (χ0) is 12.7. The molecule has 14 heavy (non-hydrogen) atoms. The molecule has 0 spiro atoms. The van der Waals surface area contributed by atoms with Crippen molar-refractivity contribution in [1.82, 2.24) is 0 Å². The Hall–Kier alpha value is -2.63. The van der Waals surface area contributed by atoms with E-state index >= 15 is 0 Å². The predicted molar refractivity (Wildman–Crippen MR) is 34.0 cm³/mol. The molecule has 0 bridgehead atoms. The molecule has 0 fully saturated rings. The van der Waals surface area contributed by atoms with E-state index in [1.165, 1.54) is 0 Å². The van der Waals surface area contributed by atoms with Crippen molar-refractivity contribution in [3.05, 3.63) is 43.0 Å². The molecule has 0 aromatic carbocycles. The van der Waals surface area contributed by atoms with Crippen LogP contribution in [0.15, 0.2) is 5.34 Å². The SMILES string of the molecule is O=N[O-].[C-]#N.[C-]#N.[C-]#N.[C-]#N.[C-]#N.[Fe+5]. The van der Waals surface area contributed by atoms with Gasteiger partial charge in [0, 0.05) is 0 Å². The van der Waals surface area contributed by atoms with Gasteiger partial charge in [0.2, 0.25) is 0 Å². The van der Waals surface area contributed by atoms with Crippen LogP contribution in [0, 0.1) is 69.3 Å². The van der Waals surface area contributed by atoms with Gasteiger partial charge in [0.25, 0.3) is 0 Å². The number of hydrogen-bond acceptors (Lipinski definition) is 8. The summed E-state index contributed by atoms with van der Waals surface area (Å²) in [7, 11) is 0. The molecule has 0 aromatic rings. The van der Waals surface area contributed by atoms with Gasteiger partial charge in [-0.3, -0.25) is 0 Å². The van der Waals surface area contributed by atoms with Gasteiger partial charge >= 0.3 is 17.1 Å². The Morgan fingerprint density at radius 1 is 0.714 bits per heavy atom. The van der Waals surface area contributed by atoms with E-state index in [4.69, 9.17) is 69.3 Å². The summed E-state index contributed by atoms with van der Waals surface area (Å²) in [6.07, 6.45) is 0. The third-order valence-corrected chi connectivity index (χ3v) is 0. The van der Waals surface area contributed by atoms with Crippen molar-refractivity contribution < 1.29 is 17.1 Å². The van der Waals surface area contributed by atoms with Crippen LogP contribution in [0.3, 0.4) is 0 Å². The Morgan fingerprint density at radius 3 is 0.714 bits per heavy atom. The second kappa shape index (κ2) is 342. The number of hydrogen-bond donors (Lipinski definition) is 0. The molecule has 0 aliphatic rings. The van der Waals surface area contributed by atoms with Gasteiger partial charge in [-0.15, -0.1) is 5.34 Å². The van der Waals surface area contributed by atoms with Crippen LogP contribution in [0.25, 0.3) is 0 Å². The second-order valence-electron chi connectivity index (χ2n) is 0.0745. The standard InChI is InChI=1S/5CN.Fe.HNO2/c5*1-2;;2-1-3/h;;;;;;(H,2,3)/q5*-1;+5;/p-1. The van der Waals surface area contributed by atoms with Crippen molar-refractivity contribution in [1.29, 1.82) is 26.3 Å². The van der Waals surface area contributed by atoms with Gasteiger partial charge in [0.1, 0.15) is 0 Å². The predicted octanol–water partition coefficient (Wildman–Crippen LogP) is 0.730. The maximum Gasteiger partial charge on any atom is 5.00 e. The Labute approximate surface area is 92.2 Å². The Bertz CT molecular complexity index is 114. The first-order valence-electron chi connectivity index (χ1n) is 1.48. The van der Waals surface area contributed by atoms with Gasteiger partial charge in [-0.05, 0) is 0 Å². The van der Waals surface area contributed by atoms with Crippen LogP contribution in [0.4, 0.5) is 0 Å². The second-order valence-corrected chi connectivity index (χ2v) is 0.0745. The minimum absolute atomic E-state index is 0. The summed E-state index contributed by atoms with van der Waals surface area (Å²) < 4.78 is 0. The van der Waals surface area contributed by atoms with E-state index in [0.29, 0.717) is 0 Å². The molecule has 0 saturated heterocycles. The molecule has 0 unspecified atom stereocenters. The van der Waals surface area contributed by atoms with Crippen LogP contribution >= 0.6 is 0 Å². The molecule has 8 nitrogen and oxygen atoms in total. The smallest absolute Gasteiger partial charge is 0.512 e. The van der Waals surface area contributed by atoms with Crippen LogP contribution in [0.2, 0.25) is 0 Å². The molecule has 9 heteroatoms. The maximum atomic E-state index is 8.00. The van der Waals surface area contributed by atoms with Crippen LogP contribution in [-0.4, -0.2) is 0 Å². The first-order valence-corrected chi connectivity index (χ1v) is 1.48. The average molecular weight is 232 g/mol. The van der Waals surface area contributed by atoms with Gasteiger partial charge in [-0.2, -0.15) is 0 Å². The van der Waals surface area contributed by atoms with E-state index in [1.54, 1.807) is 0 Å². The van der Waals surface area contributed by atoms with E-state index in [2.05, 4.69) is 0 Å². The molecule has 0 atom stereocenters. The Balaban J connectivity index is -0.00000000838. The summed E-state index contributed by atoms with van der Waals surface area (Å²) >= 11 is 0. The molecule has 0 aliphatic carbocycles. The van der Waals surface area contributed by atoms with Crippen molar-refractivity contribution in [2.45, 2.75) is 0 Å². The largest absolute Gasteiger partial charge is 5.00 e. The molecule has 0 heterocycles. The molecule has 0 amide bonds. The van der Waals surface area contributed by atoms with E-state index < -0.39 is 0 Å². The molecule has 1 radical (unpaired) electrons. The zero-order valence-electron chi connectivity index (χ0n) is 6.35. The van der Waals surface area contributed by atoms with E-state index in [1.807, 2.05) is 0 Å². The molecule has 71 valence electrons. The Morgan fingerprint density at radius 2 is 0.714 bits per heavy atom. The van der Waals surface area contributed by atoms with Crippen molar-refractivity contribution in [3.63, 3.8) is 0 Å². The molecule has 0 aromatic heterocycles. The fourth-order valence-electron chi connectivity index (χ4n) is 0. The summed E-state index contributed by atoms with van der Waals surface area (Å²) in [6, 6.07) is 0. The molecule has 0 rings (SSSR count). The minimum Gasteiger partial charge on any atom is -0.512 e. The molecule has 0 saturated carbocycles. The topological polar surface area (TPSA) is 171 Å². The van der Waals surface area contributed by atoms with Crippen LogP contribution in [-0.2, 0) is 17.1 Å². The molecular weight excluding hydrogens is 232 g/mol. The van der Waals surface area contributed by atoms with Gasteiger partial charge in [-0.1, -0.05) is 0 Å². The summed E-state index contributed by atoms with van der Waals surface area (Å²) in [6.45, 7) is 23.8. The quantitative estimate of drug-likeness (QED) is 0.256. The van der Waals surface area contributed by atoms with Crippen LogP contribution in [0.1, 0.15) is 0 Å². The summed E-state index contributed by atoms with van der Waals surface area (Å²) in [5.74, 6) is 0. The summed E-state index contributed by atoms with van der Waals surface area (Å²) in [5, 5.41) is 40.2. The fraction of sp³-hybridized carbons (Fsp3) is 0. The average Bonchev–Trinajstić information content (AvgIpc) is 2.32. The van der Waals surface area contributed by atoms with Crippen molar-refractivity contribution in [3.8, 4) is 0 Å². The third kappa shape index (κ3) is 94.8. The van der Waals surface area contributed by atoms with Gasteiger partial charge in [-0.25, -0.2) is 0 Å². The summed E-state index contributed by atoms with van der Waals surface area (Å²) in [4.78, 5) is 8.00. The van der Waals surface area contributed by atoms with Gasteiger partial charge < -0.3 is 69.3 Å². The maximum absolute atomic E-state index is 8.00. The minimum atomic E-state index is 0. The van der Waals surface area contributed by atoms with Crippen molar-refractivity contribution >= 4 is 0 Å². The monoisotopic (exact) mass is 232 g/mol. The van der Waals surface area contributed by atoms with E-state index in [-0.39, 0.29) is 17.1 Å². The third-order valence-electron chi connectivity index (χ3n) is 0. The van der Waals surface area contributed by atoms with Gasteiger partial charge in [0.05, 0.1) is 0 Å². The van der Waals surface area contributed by atoms with Gasteiger partial charge in [0.15, 0.2) is 0 Å². The molecule has 0 aliphatic heterocycles. The fourth-order valence-corrected chi connectivity index (χ4v) is 0. The van der Waals surface area contributed by atoms with Crippen molar-refractivity contribution in [2.24, 2.45) is 5.34 Å². The van der Waals surface area contributed by atoms with Crippen LogP contribution < -0.4 is 0 Å². The van der Waals surface area contributed by atoms with Crippen LogP contribution in [0.5, 0.6) is 0 Å². The van der Waals surface area contributed by atoms with E-state index in [0.717, 1.165) is 5.34 Å². The number of nitrogens with zero attached hydrogens (tertiary/aromatic N) is 6.